The zero-order chi connectivity index (χ0) is 21.8. The molecule has 0 aromatic heterocycles. The predicted molar refractivity (Wildman–Crippen MR) is 108 cm³/mol. The molecule has 0 N–H and O–H groups in total. The van der Waals surface area contributed by atoms with Crippen LogP contribution in [-0.2, 0) is 19.1 Å². The van der Waals surface area contributed by atoms with Crippen LogP contribution >= 0.6 is 0 Å². The van der Waals surface area contributed by atoms with Crippen LogP contribution in [0.4, 0.5) is 0 Å². The van der Waals surface area contributed by atoms with Crippen molar-refractivity contribution in [3.8, 4) is 0 Å². The number of ether oxygens (including phenoxy) is 1. The average Bonchev–Trinajstić information content (AvgIpc) is 2.68. The van der Waals surface area contributed by atoms with Crippen molar-refractivity contribution in [3.63, 3.8) is 0 Å². The molecule has 1 saturated heterocycles. The lowest BCUT2D eigenvalue weighted by molar-refractivity contribution is -0.146. The maximum Gasteiger partial charge on any atom is 0.336 e. The highest BCUT2D eigenvalue weighted by Crippen LogP contribution is 2.31. The number of cyclic esters (lactones) is 1. The minimum atomic E-state index is -1.21. The SMILES string of the molecule is C=C1C(=C)[C@@H](C)[C@@H](CC)OC(=O)C(=C)[C@@H](N=O)[C@H](C)C(=O)[C@@H](C)C[C@@H](C)C1=O. The molecule has 6 nitrogen and oxygen atoms in total. The minimum absolute atomic E-state index is 0.140. The van der Waals surface area contributed by atoms with Gasteiger partial charge < -0.3 is 4.74 Å². The number of ketones is 2. The van der Waals surface area contributed by atoms with Crippen LogP contribution in [-0.4, -0.2) is 29.7 Å². The Kier molecular flexibility index (Phi) is 8.21. The molecule has 1 heterocycles. The lowest BCUT2D eigenvalue weighted by Crippen LogP contribution is -2.36. The van der Waals surface area contributed by atoms with E-state index >= 15 is 0 Å². The first-order valence-corrected chi connectivity index (χ1v) is 9.65. The second kappa shape index (κ2) is 9.71. The fourth-order valence-corrected chi connectivity index (χ4v) is 3.64. The Bertz CT molecular complexity index is 708. The maximum absolute atomic E-state index is 12.8. The summed E-state index contributed by atoms with van der Waals surface area (Å²) in [7, 11) is 0. The Morgan fingerprint density at radius 3 is 2.04 bits per heavy atom. The third kappa shape index (κ3) is 4.91. The van der Waals surface area contributed by atoms with Gasteiger partial charge in [-0.15, -0.1) is 0 Å². The molecule has 0 aromatic rings. The van der Waals surface area contributed by atoms with Crippen molar-refractivity contribution in [1.29, 1.82) is 0 Å². The monoisotopic (exact) mass is 389 g/mol. The quantitative estimate of drug-likeness (QED) is 0.401. The van der Waals surface area contributed by atoms with Gasteiger partial charge in [-0.25, -0.2) is 4.79 Å². The fraction of sp³-hybridized carbons (Fsp3) is 0.591. The molecule has 0 amide bonds. The molecule has 0 unspecified atom stereocenters. The summed E-state index contributed by atoms with van der Waals surface area (Å²) in [6.45, 7) is 20.2. The van der Waals surface area contributed by atoms with Crippen LogP contribution < -0.4 is 0 Å². The van der Waals surface area contributed by atoms with Crippen LogP contribution in [0, 0.1) is 28.6 Å². The second-order valence-corrected chi connectivity index (χ2v) is 7.81. The standard InChI is InChI=1S/C22H31NO5/c1-9-18-14(5)13(4)15(6)20(24)11(2)10-12(3)21(25)16(7)19(23-27)17(8)22(26)28-18/h11-12,14,16,18-19H,4,6,8-10H2,1-3,5,7H3/t11-,12+,14-,16+,18-,19+/m1/s1. The largest absolute Gasteiger partial charge is 0.458 e. The first-order valence-electron chi connectivity index (χ1n) is 9.65. The molecular formula is C22H31NO5. The van der Waals surface area contributed by atoms with Crippen LogP contribution in [0.5, 0.6) is 0 Å². The molecule has 0 aliphatic carbocycles. The molecule has 28 heavy (non-hydrogen) atoms. The van der Waals surface area contributed by atoms with E-state index in [-0.39, 0.29) is 28.6 Å². The number of carbonyl (C=O) groups excluding carboxylic acids is 3. The fourth-order valence-electron chi connectivity index (χ4n) is 3.64. The zero-order valence-electron chi connectivity index (χ0n) is 17.5. The van der Waals surface area contributed by atoms with Crippen LogP contribution in [0.3, 0.4) is 0 Å². The Balaban J connectivity index is 3.38. The summed E-state index contributed by atoms with van der Waals surface area (Å²) in [5, 5.41) is 2.98. The lowest BCUT2D eigenvalue weighted by atomic mass is 9.79. The summed E-state index contributed by atoms with van der Waals surface area (Å²) in [5.41, 5.74) is 0.640. The van der Waals surface area contributed by atoms with E-state index in [2.05, 4.69) is 24.9 Å². The first-order chi connectivity index (χ1) is 13.0. The lowest BCUT2D eigenvalue weighted by Gasteiger charge is -2.29. The highest BCUT2D eigenvalue weighted by molar-refractivity contribution is 6.00. The maximum atomic E-state index is 12.8. The van der Waals surface area contributed by atoms with Gasteiger partial charge in [-0.2, -0.15) is 4.91 Å². The van der Waals surface area contributed by atoms with Gasteiger partial charge in [0.2, 0.25) is 0 Å². The van der Waals surface area contributed by atoms with Crippen molar-refractivity contribution >= 4 is 17.5 Å². The molecule has 0 saturated carbocycles. The summed E-state index contributed by atoms with van der Waals surface area (Å²) in [5.74, 6) is -3.31. The highest BCUT2D eigenvalue weighted by atomic mass is 16.5. The van der Waals surface area contributed by atoms with Gasteiger partial charge in [-0.3, -0.25) is 9.59 Å². The molecule has 154 valence electrons. The summed E-state index contributed by atoms with van der Waals surface area (Å²) in [6, 6.07) is -1.21. The van der Waals surface area contributed by atoms with Crippen molar-refractivity contribution in [1.82, 2.24) is 0 Å². The highest BCUT2D eigenvalue weighted by Gasteiger charge is 2.37. The molecule has 6 atom stereocenters. The Hall–Kier alpha value is -2.37. The second-order valence-electron chi connectivity index (χ2n) is 7.81. The predicted octanol–water partition coefficient (Wildman–Crippen LogP) is 4.20. The van der Waals surface area contributed by atoms with E-state index in [0.29, 0.717) is 18.4 Å². The molecular weight excluding hydrogens is 358 g/mol. The minimum Gasteiger partial charge on any atom is -0.458 e. The average molecular weight is 389 g/mol. The Morgan fingerprint density at radius 1 is 0.964 bits per heavy atom. The molecule has 0 bridgehead atoms. The number of allylic oxidation sites excluding steroid dienone is 1. The van der Waals surface area contributed by atoms with Crippen molar-refractivity contribution in [3.05, 3.63) is 41.4 Å². The molecule has 0 radical (unpaired) electrons. The molecule has 0 spiro atoms. The molecule has 0 aromatic carbocycles. The molecule has 1 rings (SSSR count). The number of Topliss-reactive ketones (excluding diaryl/α,β-unsaturated/α-hetero) is 2. The van der Waals surface area contributed by atoms with Crippen molar-refractivity contribution in [2.45, 2.75) is 59.6 Å². The van der Waals surface area contributed by atoms with Gasteiger partial charge in [0, 0.05) is 29.2 Å². The van der Waals surface area contributed by atoms with E-state index in [0.717, 1.165) is 0 Å². The summed E-state index contributed by atoms with van der Waals surface area (Å²) in [4.78, 5) is 49.5. The van der Waals surface area contributed by atoms with Gasteiger partial charge >= 0.3 is 5.97 Å². The molecule has 1 aliphatic rings. The van der Waals surface area contributed by atoms with Crippen molar-refractivity contribution in [2.75, 3.05) is 0 Å². The van der Waals surface area contributed by atoms with E-state index in [1.165, 1.54) is 0 Å². The summed E-state index contributed by atoms with van der Waals surface area (Å²) in [6.07, 6.45) is 0.209. The van der Waals surface area contributed by atoms with Crippen LogP contribution in [0.2, 0.25) is 0 Å². The number of rotatable bonds is 2. The Morgan fingerprint density at radius 2 is 1.54 bits per heavy atom. The van der Waals surface area contributed by atoms with Gasteiger partial charge in [0.25, 0.3) is 0 Å². The number of nitrogens with zero attached hydrogens (tertiary/aromatic N) is 1. The normalized spacial score (nSPS) is 34.0. The zero-order valence-corrected chi connectivity index (χ0v) is 17.5. The van der Waals surface area contributed by atoms with E-state index in [4.69, 9.17) is 4.74 Å². The van der Waals surface area contributed by atoms with E-state index in [1.54, 1.807) is 20.8 Å². The summed E-state index contributed by atoms with van der Waals surface area (Å²) < 4.78 is 5.53. The van der Waals surface area contributed by atoms with E-state index in [1.807, 2.05) is 13.8 Å². The first kappa shape index (κ1) is 23.7. The van der Waals surface area contributed by atoms with Gasteiger partial charge in [0.15, 0.2) is 5.78 Å². The van der Waals surface area contributed by atoms with Crippen LogP contribution in [0.1, 0.15) is 47.5 Å². The smallest absolute Gasteiger partial charge is 0.336 e. The number of hydrogen-bond acceptors (Lipinski definition) is 6. The molecule has 1 fully saturated rings. The van der Waals surface area contributed by atoms with Crippen molar-refractivity contribution < 1.29 is 19.1 Å². The Labute approximate surface area is 167 Å². The van der Waals surface area contributed by atoms with E-state index in [9.17, 15) is 19.3 Å². The van der Waals surface area contributed by atoms with Crippen LogP contribution in [0.15, 0.2) is 41.6 Å². The number of hydrogen-bond donors (Lipinski definition) is 0. The van der Waals surface area contributed by atoms with Gasteiger partial charge in [0.05, 0.1) is 5.57 Å². The molecule has 1 aliphatic heterocycles. The third-order valence-electron chi connectivity index (χ3n) is 5.75. The van der Waals surface area contributed by atoms with Crippen LogP contribution in [0.25, 0.3) is 0 Å². The van der Waals surface area contributed by atoms with E-state index < -0.39 is 35.9 Å². The summed E-state index contributed by atoms with van der Waals surface area (Å²) >= 11 is 0. The van der Waals surface area contributed by atoms with Crippen molar-refractivity contribution in [2.24, 2.45) is 28.8 Å². The number of nitroso groups, excluding NO2 is 1. The van der Waals surface area contributed by atoms with Gasteiger partial charge in [-0.1, -0.05) is 59.5 Å². The van der Waals surface area contributed by atoms with Gasteiger partial charge in [0.1, 0.15) is 17.9 Å². The van der Waals surface area contributed by atoms with Gasteiger partial charge in [-0.05, 0) is 18.4 Å². The topological polar surface area (TPSA) is 89.9 Å². The third-order valence-corrected chi connectivity index (χ3v) is 5.75. The number of esters is 1. The molecule has 6 heteroatoms. The number of carbonyl (C=O) groups is 3.